The standard InChI is InChI=1S/C16H16FN3O5S/c1-26(23,24)18-12-9-19-7-8-20(17)16(22)13(19)15(14(12)21)25-10-11-5-3-2-4-6-11/h2-6,9,18H,7-8,10H2,1H3. The highest BCUT2D eigenvalue weighted by atomic mass is 32.2. The SMILES string of the molecule is CS(=O)(=O)Nc1cn2c(c(OCc3ccccc3)c1=O)C(=O)N(F)CC2. The van der Waals surface area contributed by atoms with Gasteiger partial charge in [-0.3, -0.25) is 14.3 Å². The lowest BCUT2D eigenvalue weighted by molar-refractivity contribution is 0.00967. The highest BCUT2D eigenvalue weighted by molar-refractivity contribution is 7.92. The van der Waals surface area contributed by atoms with Crippen LogP contribution in [0, 0.1) is 0 Å². The number of pyridine rings is 1. The molecule has 8 nitrogen and oxygen atoms in total. The number of anilines is 1. The maximum absolute atomic E-state index is 13.7. The van der Waals surface area contributed by atoms with E-state index in [1.807, 2.05) is 0 Å². The van der Waals surface area contributed by atoms with Gasteiger partial charge < -0.3 is 9.30 Å². The molecule has 138 valence electrons. The second-order valence-corrected chi connectivity index (χ2v) is 7.53. The Hall–Kier alpha value is -2.88. The van der Waals surface area contributed by atoms with Crippen molar-refractivity contribution >= 4 is 21.6 Å². The van der Waals surface area contributed by atoms with Gasteiger partial charge in [-0.25, -0.2) is 8.42 Å². The topological polar surface area (TPSA) is 97.7 Å². The molecule has 0 fully saturated rings. The molecular formula is C16H16FN3O5S. The number of nitrogens with one attached hydrogen (secondary N) is 1. The zero-order valence-electron chi connectivity index (χ0n) is 13.8. The van der Waals surface area contributed by atoms with E-state index in [1.165, 1.54) is 10.8 Å². The van der Waals surface area contributed by atoms with Crippen LogP contribution in [-0.2, 0) is 23.2 Å². The number of aromatic nitrogens is 1. The smallest absolute Gasteiger partial charge is 0.302 e. The van der Waals surface area contributed by atoms with Gasteiger partial charge in [0.05, 0.1) is 12.8 Å². The molecule has 3 rings (SSSR count). The number of sulfonamides is 1. The Balaban J connectivity index is 2.08. The van der Waals surface area contributed by atoms with Crippen LogP contribution >= 0.6 is 0 Å². The Morgan fingerprint density at radius 1 is 1.19 bits per heavy atom. The Bertz CT molecular complexity index is 1000. The molecule has 0 aliphatic carbocycles. The van der Waals surface area contributed by atoms with Gasteiger partial charge in [0, 0.05) is 12.7 Å². The summed E-state index contributed by atoms with van der Waals surface area (Å²) >= 11 is 0. The predicted octanol–water partition coefficient (Wildman–Crippen LogP) is 1.14. The molecule has 1 aliphatic rings. The molecule has 0 atom stereocenters. The zero-order chi connectivity index (χ0) is 18.9. The van der Waals surface area contributed by atoms with Crippen molar-refractivity contribution in [3.05, 3.63) is 58.0 Å². The predicted molar refractivity (Wildman–Crippen MR) is 92.1 cm³/mol. The minimum atomic E-state index is -3.72. The molecule has 1 amide bonds. The number of carbonyl (C=O) groups is 1. The first-order chi connectivity index (χ1) is 12.3. The lowest BCUT2D eigenvalue weighted by atomic mass is 10.2. The first-order valence-electron chi connectivity index (χ1n) is 7.66. The van der Waals surface area contributed by atoms with Crippen LogP contribution in [0.2, 0.25) is 0 Å². The van der Waals surface area contributed by atoms with Crippen LogP contribution in [0.3, 0.4) is 0 Å². The Morgan fingerprint density at radius 2 is 1.88 bits per heavy atom. The Labute approximate surface area is 148 Å². The van der Waals surface area contributed by atoms with Crippen molar-refractivity contribution in [3.63, 3.8) is 0 Å². The lowest BCUT2D eigenvalue weighted by Crippen LogP contribution is -2.38. The van der Waals surface area contributed by atoms with Crippen LogP contribution in [0.15, 0.2) is 41.3 Å². The Kier molecular flexibility index (Phi) is 4.68. The van der Waals surface area contributed by atoms with E-state index in [0.717, 1.165) is 11.8 Å². The summed E-state index contributed by atoms with van der Waals surface area (Å²) in [7, 11) is -3.72. The van der Waals surface area contributed by atoms with Crippen molar-refractivity contribution in [1.29, 1.82) is 0 Å². The number of nitrogens with zero attached hydrogens (tertiary/aromatic N) is 2. The maximum Gasteiger partial charge on any atom is 0.302 e. The third kappa shape index (κ3) is 3.69. The fourth-order valence-corrected chi connectivity index (χ4v) is 3.13. The molecule has 0 radical (unpaired) electrons. The molecule has 0 saturated heterocycles. The monoisotopic (exact) mass is 381 g/mol. The number of hydrogen-bond donors (Lipinski definition) is 1. The number of rotatable bonds is 5. The molecule has 1 aliphatic heterocycles. The molecule has 10 heteroatoms. The Morgan fingerprint density at radius 3 is 2.54 bits per heavy atom. The summed E-state index contributed by atoms with van der Waals surface area (Å²) in [6, 6.07) is 8.87. The van der Waals surface area contributed by atoms with Gasteiger partial charge in [0.15, 0.2) is 11.4 Å². The van der Waals surface area contributed by atoms with Gasteiger partial charge in [0.2, 0.25) is 15.5 Å². The summed E-state index contributed by atoms with van der Waals surface area (Å²) in [6.45, 7) is -0.200. The van der Waals surface area contributed by atoms with E-state index in [0.29, 0.717) is 0 Å². The van der Waals surface area contributed by atoms with Crippen LogP contribution < -0.4 is 14.9 Å². The summed E-state index contributed by atoms with van der Waals surface area (Å²) in [5.74, 6) is -1.41. The van der Waals surface area contributed by atoms with Gasteiger partial charge in [-0.15, -0.1) is 0 Å². The molecule has 1 N–H and O–H groups in total. The maximum atomic E-state index is 13.7. The van der Waals surface area contributed by atoms with Crippen molar-refractivity contribution in [1.82, 2.24) is 9.69 Å². The van der Waals surface area contributed by atoms with Crippen molar-refractivity contribution < 1.29 is 22.4 Å². The molecule has 2 heterocycles. The average molecular weight is 381 g/mol. The van der Waals surface area contributed by atoms with Crippen molar-refractivity contribution in [2.45, 2.75) is 13.2 Å². The van der Waals surface area contributed by atoms with Crippen LogP contribution in [0.1, 0.15) is 16.1 Å². The number of amides is 1. The van der Waals surface area contributed by atoms with E-state index >= 15 is 0 Å². The molecule has 0 saturated carbocycles. The minimum absolute atomic E-state index is 0.00613. The fourth-order valence-electron chi connectivity index (χ4n) is 2.58. The first-order valence-corrected chi connectivity index (χ1v) is 9.55. The van der Waals surface area contributed by atoms with E-state index in [9.17, 15) is 22.5 Å². The lowest BCUT2D eigenvalue weighted by Gasteiger charge is -2.25. The highest BCUT2D eigenvalue weighted by Gasteiger charge is 2.31. The molecule has 1 aromatic heterocycles. The molecule has 2 aromatic rings. The van der Waals surface area contributed by atoms with E-state index in [4.69, 9.17) is 4.74 Å². The summed E-state index contributed by atoms with van der Waals surface area (Å²) in [6.07, 6.45) is 2.08. The average Bonchev–Trinajstić information content (AvgIpc) is 2.58. The quantitative estimate of drug-likeness (QED) is 0.784. The molecule has 0 spiro atoms. The second-order valence-electron chi connectivity index (χ2n) is 5.78. The van der Waals surface area contributed by atoms with Gasteiger partial charge >= 0.3 is 5.91 Å². The number of carbonyl (C=O) groups excluding carboxylic acids is 1. The number of fused-ring (bicyclic) bond motifs is 1. The molecule has 1 aromatic carbocycles. The normalized spacial score (nSPS) is 14.1. The van der Waals surface area contributed by atoms with E-state index in [-0.39, 0.29) is 36.2 Å². The summed E-state index contributed by atoms with van der Waals surface area (Å²) in [5, 5.41) is -0.00613. The van der Waals surface area contributed by atoms with Gasteiger partial charge in [-0.2, -0.15) is 5.12 Å². The van der Waals surface area contributed by atoms with Gasteiger partial charge in [0.1, 0.15) is 12.3 Å². The third-order valence-electron chi connectivity index (χ3n) is 3.72. The highest BCUT2D eigenvalue weighted by Crippen LogP contribution is 2.24. The van der Waals surface area contributed by atoms with Crippen LogP contribution in [0.25, 0.3) is 0 Å². The van der Waals surface area contributed by atoms with E-state index < -0.39 is 27.1 Å². The van der Waals surface area contributed by atoms with Gasteiger partial charge in [-0.05, 0) is 5.56 Å². The molecule has 0 bridgehead atoms. The molecule has 26 heavy (non-hydrogen) atoms. The number of benzene rings is 1. The van der Waals surface area contributed by atoms with Gasteiger partial charge in [-0.1, -0.05) is 34.8 Å². The van der Waals surface area contributed by atoms with E-state index in [2.05, 4.69) is 4.72 Å². The second kappa shape index (κ2) is 6.79. The number of halogens is 1. The van der Waals surface area contributed by atoms with Crippen LogP contribution in [-0.4, -0.2) is 36.8 Å². The van der Waals surface area contributed by atoms with Gasteiger partial charge in [0.25, 0.3) is 0 Å². The van der Waals surface area contributed by atoms with Crippen molar-refractivity contribution in [2.24, 2.45) is 0 Å². The van der Waals surface area contributed by atoms with E-state index in [1.54, 1.807) is 30.3 Å². The summed E-state index contributed by atoms with van der Waals surface area (Å²) in [5.41, 5.74) is -0.619. The number of hydrogen-bond acceptors (Lipinski definition) is 5. The fraction of sp³-hybridized carbons (Fsp3) is 0.250. The van der Waals surface area contributed by atoms with Crippen molar-refractivity contribution in [2.75, 3.05) is 17.5 Å². The van der Waals surface area contributed by atoms with Crippen LogP contribution in [0.4, 0.5) is 10.2 Å². The number of ether oxygens (including phenoxy) is 1. The molecular weight excluding hydrogens is 365 g/mol. The first kappa shape index (κ1) is 17.9. The summed E-state index contributed by atoms with van der Waals surface area (Å²) in [4.78, 5) is 24.8. The molecule has 0 unspecified atom stereocenters. The third-order valence-corrected chi connectivity index (χ3v) is 4.31. The minimum Gasteiger partial charge on any atom is -0.482 e. The largest absolute Gasteiger partial charge is 0.482 e. The van der Waals surface area contributed by atoms with Crippen molar-refractivity contribution in [3.8, 4) is 5.75 Å². The summed E-state index contributed by atoms with van der Waals surface area (Å²) < 4.78 is 45.6. The zero-order valence-corrected chi connectivity index (χ0v) is 14.6. The van der Waals surface area contributed by atoms with Crippen LogP contribution in [0.5, 0.6) is 5.75 Å².